The predicted molar refractivity (Wildman–Crippen MR) is 94.1 cm³/mol. The van der Waals surface area contributed by atoms with Gasteiger partial charge in [-0.05, 0) is 24.6 Å². The van der Waals surface area contributed by atoms with Crippen LogP contribution in [0.2, 0.25) is 0 Å². The number of pyridine rings is 1. The van der Waals surface area contributed by atoms with Crippen molar-refractivity contribution in [2.75, 3.05) is 31.1 Å². The first-order chi connectivity index (χ1) is 9.86. The third kappa shape index (κ3) is 4.35. The van der Waals surface area contributed by atoms with Gasteiger partial charge in [-0.15, -0.1) is 24.8 Å². The maximum Gasteiger partial charge on any atom is 0.205 e. The van der Waals surface area contributed by atoms with Crippen molar-refractivity contribution in [3.8, 4) is 0 Å². The highest BCUT2D eigenvalue weighted by Gasteiger charge is 2.19. The quantitative estimate of drug-likeness (QED) is 0.854. The molecule has 0 N–H and O–H groups in total. The van der Waals surface area contributed by atoms with E-state index in [2.05, 4.69) is 49.6 Å². The highest BCUT2D eigenvalue weighted by molar-refractivity contribution is 5.85. The molecule has 0 saturated carbocycles. The Balaban J connectivity index is 0.00000121. The number of piperazine rings is 1. The van der Waals surface area contributed by atoms with Gasteiger partial charge in [0, 0.05) is 64.1 Å². The highest BCUT2D eigenvalue weighted by atomic mass is 35.5. The topological polar surface area (TPSA) is 37.2 Å². The van der Waals surface area contributed by atoms with Crippen LogP contribution in [0.25, 0.3) is 0 Å². The standard InChI is InChI=1S/C15H21N5.2ClH/c1-2-19-8-7-17-15(19)20-11-9-18(10-12-20)13-14-3-5-16-6-4-14;;/h3-8H,2,9-13H2,1H3;2*1H. The van der Waals surface area contributed by atoms with Crippen molar-refractivity contribution in [2.45, 2.75) is 20.0 Å². The second kappa shape index (κ2) is 8.98. The number of rotatable bonds is 4. The molecular formula is C15H23Cl2N5. The molecule has 0 bridgehead atoms. The van der Waals surface area contributed by atoms with E-state index in [0.29, 0.717) is 0 Å². The van der Waals surface area contributed by atoms with E-state index in [-0.39, 0.29) is 24.8 Å². The predicted octanol–water partition coefficient (Wildman–Crippen LogP) is 2.46. The molecule has 2 aromatic rings. The van der Waals surface area contributed by atoms with Crippen LogP contribution in [-0.2, 0) is 13.1 Å². The van der Waals surface area contributed by atoms with Crippen molar-refractivity contribution in [1.82, 2.24) is 19.4 Å². The Morgan fingerprint density at radius 2 is 1.68 bits per heavy atom. The van der Waals surface area contributed by atoms with Crippen molar-refractivity contribution in [1.29, 1.82) is 0 Å². The second-order valence-corrected chi connectivity index (χ2v) is 5.13. The van der Waals surface area contributed by atoms with Crippen molar-refractivity contribution >= 4 is 30.8 Å². The molecule has 3 rings (SSSR count). The van der Waals surface area contributed by atoms with Crippen LogP contribution >= 0.6 is 24.8 Å². The third-order valence-electron chi connectivity index (χ3n) is 3.84. The number of anilines is 1. The Hall–Kier alpha value is -1.30. The van der Waals surface area contributed by atoms with E-state index < -0.39 is 0 Å². The number of aryl methyl sites for hydroxylation is 1. The Morgan fingerprint density at radius 1 is 1.00 bits per heavy atom. The number of nitrogens with zero attached hydrogens (tertiary/aromatic N) is 5. The Kier molecular flexibility index (Phi) is 7.65. The summed E-state index contributed by atoms with van der Waals surface area (Å²) in [6.45, 7) is 8.40. The lowest BCUT2D eigenvalue weighted by molar-refractivity contribution is 0.248. The van der Waals surface area contributed by atoms with Gasteiger partial charge in [0.2, 0.25) is 5.95 Å². The molecule has 122 valence electrons. The average Bonchev–Trinajstić information content (AvgIpc) is 2.98. The largest absolute Gasteiger partial charge is 0.340 e. The van der Waals surface area contributed by atoms with Crippen LogP contribution in [0.4, 0.5) is 5.95 Å². The number of imidazole rings is 1. The van der Waals surface area contributed by atoms with Gasteiger partial charge in [0.1, 0.15) is 0 Å². The molecule has 5 nitrogen and oxygen atoms in total. The van der Waals surface area contributed by atoms with E-state index in [1.54, 1.807) is 0 Å². The van der Waals surface area contributed by atoms with Gasteiger partial charge in [0.15, 0.2) is 0 Å². The lowest BCUT2D eigenvalue weighted by Crippen LogP contribution is -2.46. The van der Waals surface area contributed by atoms with Crippen molar-refractivity contribution < 1.29 is 0 Å². The monoisotopic (exact) mass is 343 g/mol. The Morgan fingerprint density at radius 3 is 2.32 bits per heavy atom. The lowest BCUT2D eigenvalue weighted by Gasteiger charge is -2.35. The van der Waals surface area contributed by atoms with Gasteiger partial charge < -0.3 is 9.47 Å². The lowest BCUT2D eigenvalue weighted by atomic mass is 10.2. The van der Waals surface area contributed by atoms with Gasteiger partial charge in [-0.25, -0.2) is 4.98 Å². The zero-order valence-corrected chi connectivity index (χ0v) is 14.4. The fraction of sp³-hybridized carbons (Fsp3) is 0.467. The molecule has 7 heteroatoms. The molecule has 0 aromatic carbocycles. The summed E-state index contributed by atoms with van der Waals surface area (Å²) in [6.07, 6.45) is 7.67. The van der Waals surface area contributed by atoms with Gasteiger partial charge in [0.25, 0.3) is 0 Å². The van der Waals surface area contributed by atoms with Gasteiger partial charge in [-0.3, -0.25) is 9.88 Å². The molecule has 0 spiro atoms. The minimum Gasteiger partial charge on any atom is -0.340 e. The SMILES string of the molecule is CCn1ccnc1N1CCN(Cc2ccncc2)CC1.Cl.Cl. The van der Waals surface area contributed by atoms with Crippen LogP contribution in [0, 0.1) is 0 Å². The summed E-state index contributed by atoms with van der Waals surface area (Å²) < 4.78 is 2.21. The molecule has 1 saturated heterocycles. The van der Waals surface area contributed by atoms with E-state index in [1.165, 1.54) is 5.56 Å². The third-order valence-corrected chi connectivity index (χ3v) is 3.84. The summed E-state index contributed by atoms with van der Waals surface area (Å²) in [7, 11) is 0. The van der Waals surface area contributed by atoms with Crippen molar-refractivity contribution in [3.63, 3.8) is 0 Å². The molecule has 0 amide bonds. The maximum absolute atomic E-state index is 4.48. The summed E-state index contributed by atoms with van der Waals surface area (Å²) in [5.74, 6) is 1.11. The Labute approximate surface area is 144 Å². The summed E-state index contributed by atoms with van der Waals surface area (Å²) in [5, 5.41) is 0. The normalized spacial score (nSPS) is 15.0. The first-order valence-corrected chi connectivity index (χ1v) is 7.24. The van der Waals surface area contributed by atoms with E-state index in [4.69, 9.17) is 0 Å². The van der Waals surface area contributed by atoms with Gasteiger partial charge in [-0.2, -0.15) is 0 Å². The summed E-state index contributed by atoms with van der Waals surface area (Å²) in [6, 6.07) is 4.19. The molecule has 1 aliphatic heterocycles. The first-order valence-electron chi connectivity index (χ1n) is 7.24. The van der Waals surface area contributed by atoms with Crippen LogP contribution in [0.1, 0.15) is 12.5 Å². The number of aromatic nitrogens is 3. The average molecular weight is 344 g/mol. The van der Waals surface area contributed by atoms with Gasteiger partial charge >= 0.3 is 0 Å². The van der Waals surface area contributed by atoms with Crippen LogP contribution in [0.15, 0.2) is 36.9 Å². The zero-order valence-electron chi connectivity index (χ0n) is 12.8. The molecule has 22 heavy (non-hydrogen) atoms. The van der Waals surface area contributed by atoms with E-state index >= 15 is 0 Å². The van der Waals surface area contributed by atoms with Crippen LogP contribution in [0.3, 0.4) is 0 Å². The van der Waals surface area contributed by atoms with Gasteiger partial charge in [-0.1, -0.05) is 0 Å². The Bertz CT molecular complexity index is 538. The smallest absolute Gasteiger partial charge is 0.205 e. The first kappa shape index (κ1) is 18.7. The molecule has 1 aliphatic rings. The number of hydrogen-bond acceptors (Lipinski definition) is 4. The fourth-order valence-electron chi connectivity index (χ4n) is 2.68. The summed E-state index contributed by atoms with van der Waals surface area (Å²) >= 11 is 0. The number of hydrogen-bond donors (Lipinski definition) is 0. The summed E-state index contributed by atoms with van der Waals surface area (Å²) in [4.78, 5) is 13.4. The van der Waals surface area contributed by atoms with E-state index in [9.17, 15) is 0 Å². The second-order valence-electron chi connectivity index (χ2n) is 5.13. The summed E-state index contributed by atoms with van der Waals surface area (Å²) in [5.41, 5.74) is 1.34. The van der Waals surface area contributed by atoms with Crippen LogP contribution < -0.4 is 4.90 Å². The molecule has 0 atom stereocenters. The number of halogens is 2. The van der Waals surface area contributed by atoms with E-state index in [1.807, 2.05) is 18.6 Å². The molecule has 3 heterocycles. The van der Waals surface area contributed by atoms with Crippen molar-refractivity contribution in [3.05, 3.63) is 42.5 Å². The zero-order chi connectivity index (χ0) is 13.8. The molecular weight excluding hydrogens is 321 g/mol. The van der Waals surface area contributed by atoms with E-state index in [0.717, 1.165) is 45.2 Å². The van der Waals surface area contributed by atoms with Crippen LogP contribution in [0.5, 0.6) is 0 Å². The molecule has 0 unspecified atom stereocenters. The molecule has 1 fully saturated rings. The highest BCUT2D eigenvalue weighted by Crippen LogP contribution is 2.15. The van der Waals surface area contributed by atoms with Gasteiger partial charge in [0.05, 0.1) is 0 Å². The molecule has 0 aliphatic carbocycles. The molecule has 2 aromatic heterocycles. The minimum absolute atomic E-state index is 0. The fourth-order valence-corrected chi connectivity index (χ4v) is 2.68. The molecule has 0 radical (unpaired) electrons. The minimum atomic E-state index is 0. The van der Waals surface area contributed by atoms with Crippen molar-refractivity contribution in [2.24, 2.45) is 0 Å². The van der Waals surface area contributed by atoms with Crippen LogP contribution in [-0.4, -0.2) is 45.6 Å². The maximum atomic E-state index is 4.48.